The van der Waals surface area contributed by atoms with Crippen LogP contribution < -0.4 is 10.0 Å². The van der Waals surface area contributed by atoms with Crippen LogP contribution in [0.25, 0.3) is 0 Å². The van der Waals surface area contributed by atoms with Crippen LogP contribution in [0.3, 0.4) is 0 Å². The molecule has 2 amide bonds. The molecule has 9 heteroatoms. The second-order valence-corrected chi connectivity index (χ2v) is 9.02. The highest BCUT2D eigenvalue weighted by atomic mass is 32.2. The number of nitrogens with one attached hydrogen (secondary N) is 2. The fraction of sp³-hybridized carbons (Fsp3) is 0.333. The van der Waals surface area contributed by atoms with E-state index in [9.17, 15) is 18.0 Å². The van der Waals surface area contributed by atoms with Crippen LogP contribution in [-0.2, 0) is 14.8 Å². The average molecular weight is 432 g/mol. The summed E-state index contributed by atoms with van der Waals surface area (Å²) in [6.07, 6.45) is 1.62. The highest BCUT2D eigenvalue weighted by molar-refractivity contribution is 7.89. The molecule has 1 atom stereocenters. The summed E-state index contributed by atoms with van der Waals surface area (Å²) in [5.41, 5.74) is 1.07. The molecule has 0 bridgehead atoms. The largest absolute Gasteiger partial charge is 0.377 e. The summed E-state index contributed by atoms with van der Waals surface area (Å²) in [5.74, 6) is -0.655. The molecule has 0 saturated carbocycles. The second-order valence-electron chi connectivity index (χ2n) is 7.25. The van der Waals surface area contributed by atoms with Crippen molar-refractivity contribution in [1.29, 1.82) is 0 Å². The molecular formula is C21H25N3O5S. The Bertz CT molecular complexity index is 1030. The molecule has 1 saturated heterocycles. The van der Waals surface area contributed by atoms with Gasteiger partial charge in [0.15, 0.2) is 0 Å². The van der Waals surface area contributed by atoms with E-state index < -0.39 is 15.9 Å². The Kier molecular flexibility index (Phi) is 6.86. The van der Waals surface area contributed by atoms with Gasteiger partial charge in [0, 0.05) is 44.1 Å². The van der Waals surface area contributed by atoms with Crippen molar-refractivity contribution in [2.75, 3.05) is 32.6 Å². The van der Waals surface area contributed by atoms with E-state index in [2.05, 4.69) is 10.0 Å². The van der Waals surface area contributed by atoms with E-state index >= 15 is 0 Å². The second kappa shape index (κ2) is 9.38. The first-order valence-electron chi connectivity index (χ1n) is 9.61. The number of nitrogens with zero attached hydrogens (tertiary/aromatic N) is 1. The molecule has 1 heterocycles. The van der Waals surface area contributed by atoms with Crippen LogP contribution in [0, 0.1) is 0 Å². The van der Waals surface area contributed by atoms with Crippen molar-refractivity contribution in [1.82, 2.24) is 9.62 Å². The lowest BCUT2D eigenvalue weighted by molar-refractivity contribution is 0.0827. The molecule has 0 spiro atoms. The first-order chi connectivity index (χ1) is 14.3. The molecule has 0 aliphatic carbocycles. The summed E-state index contributed by atoms with van der Waals surface area (Å²) in [6, 6.07) is 12.4. The fourth-order valence-corrected chi connectivity index (χ4v) is 4.20. The van der Waals surface area contributed by atoms with Gasteiger partial charge in [0.05, 0.1) is 11.0 Å². The molecule has 2 aromatic rings. The summed E-state index contributed by atoms with van der Waals surface area (Å²) in [6.45, 7) is 0.842. The minimum atomic E-state index is -3.76. The molecule has 8 nitrogen and oxygen atoms in total. The highest BCUT2D eigenvalue weighted by Gasteiger charge is 2.21. The van der Waals surface area contributed by atoms with Crippen molar-refractivity contribution in [2.24, 2.45) is 0 Å². The molecule has 1 unspecified atom stereocenters. The van der Waals surface area contributed by atoms with Crippen LogP contribution in [-0.4, -0.2) is 58.5 Å². The third kappa shape index (κ3) is 5.44. The van der Waals surface area contributed by atoms with Crippen molar-refractivity contribution in [2.45, 2.75) is 23.8 Å². The van der Waals surface area contributed by atoms with Crippen molar-refractivity contribution in [3.8, 4) is 0 Å². The maximum absolute atomic E-state index is 12.6. The Hall–Kier alpha value is -2.75. The molecule has 30 heavy (non-hydrogen) atoms. The molecule has 1 aliphatic rings. The van der Waals surface area contributed by atoms with Crippen molar-refractivity contribution < 1.29 is 22.7 Å². The Morgan fingerprint density at radius 1 is 1.10 bits per heavy atom. The van der Waals surface area contributed by atoms with Gasteiger partial charge in [-0.25, -0.2) is 13.1 Å². The third-order valence-corrected chi connectivity index (χ3v) is 6.13. The number of carbonyl (C=O) groups is 2. The fourth-order valence-electron chi connectivity index (χ4n) is 3.09. The molecule has 160 valence electrons. The minimum absolute atomic E-state index is 0.00434. The number of hydrogen-bond acceptors (Lipinski definition) is 5. The number of sulfonamides is 1. The predicted octanol–water partition coefficient (Wildman–Crippen LogP) is 2.10. The lowest BCUT2D eigenvalue weighted by Gasteiger charge is -2.13. The minimum Gasteiger partial charge on any atom is -0.377 e. The molecule has 0 radical (unpaired) electrons. The van der Waals surface area contributed by atoms with E-state index in [1.807, 2.05) is 0 Å². The average Bonchev–Trinajstić information content (AvgIpc) is 3.26. The molecule has 3 rings (SSSR count). The van der Waals surface area contributed by atoms with Gasteiger partial charge >= 0.3 is 0 Å². The Morgan fingerprint density at radius 2 is 1.83 bits per heavy atom. The lowest BCUT2D eigenvalue weighted by Crippen LogP contribution is -2.32. The van der Waals surface area contributed by atoms with Gasteiger partial charge in [0.2, 0.25) is 10.0 Å². The SMILES string of the molecule is CN(C)C(=O)c1cccc(NC(=O)c2cccc(S(=O)(=O)NCC3CCCO3)c2)c1. The van der Waals surface area contributed by atoms with Crippen LogP contribution in [0.15, 0.2) is 53.4 Å². The summed E-state index contributed by atoms with van der Waals surface area (Å²) in [7, 11) is -0.474. The summed E-state index contributed by atoms with van der Waals surface area (Å²) < 4.78 is 33.1. The number of ether oxygens (including phenoxy) is 1. The van der Waals surface area contributed by atoms with Crippen LogP contribution in [0.5, 0.6) is 0 Å². The molecule has 2 aromatic carbocycles. The first kappa shape index (κ1) is 21.9. The molecule has 1 aliphatic heterocycles. The van der Waals surface area contributed by atoms with Gasteiger partial charge in [-0.1, -0.05) is 12.1 Å². The van der Waals surface area contributed by atoms with Gasteiger partial charge in [-0.2, -0.15) is 0 Å². The van der Waals surface area contributed by atoms with Gasteiger partial charge in [0.25, 0.3) is 11.8 Å². The molecule has 2 N–H and O–H groups in total. The number of rotatable bonds is 7. The zero-order chi connectivity index (χ0) is 21.7. The monoisotopic (exact) mass is 431 g/mol. The van der Waals surface area contributed by atoms with E-state index in [4.69, 9.17) is 4.74 Å². The van der Waals surface area contributed by atoms with E-state index in [0.29, 0.717) is 17.9 Å². The van der Waals surface area contributed by atoms with Crippen LogP contribution in [0.4, 0.5) is 5.69 Å². The smallest absolute Gasteiger partial charge is 0.255 e. The van der Waals surface area contributed by atoms with Crippen LogP contribution >= 0.6 is 0 Å². The highest BCUT2D eigenvalue weighted by Crippen LogP contribution is 2.17. The molecule has 1 fully saturated rings. The summed E-state index contributed by atoms with van der Waals surface area (Å²) >= 11 is 0. The molecule has 0 aromatic heterocycles. The number of amides is 2. The van der Waals surface area contributed by atoms with Crippen molar-refractivity contribution in [3.63, 3.8) is 0 Å². The van der Waals surface area contributed by atoms with E-state index in [1.54, 1.807) is 38.4 Å². The standard InChI is InChI=1S/C21H25N3O5S/c1-24(2)21(26)16-7-3-8-17(12-16)23-20(25)15-6-4-10-19(13-15)30(27,28)22-14-18-9-5-11-29-18/h3-4,6-8,10,12-13,18,22H,5,9,11,14H2,1-2H3,(H,23,25). The summed E-state index contributed by atoms with van der Waals surface area (Å²) in [5, 5.41) is 2.70. The lowest BCUT2D eigenvalue weighted by atomic mass is 10.1. The van der Waals surface area contributed by atoms with Crippen LogP contribution in [0.2, 0.25) is 0 Å². The zero-order valence-electron chi connectivity index (χ0n) is 16.9. The van der Waals surface area contributed by atoms with Gasteiger partial charge in [-0.05, 0) is 49.2 Å². The number of anilines is 1. The van der Waals surface area contributed by atoms with E-state index in [1.165, 1.54) is 29.2 Å². The Labute approximate surface area is 176 Å². The Morgan fingerprint density at radius 3 is 2.53 bits per heavy atom. The van der Waals surface area contributed by atoms with Crippen LogP contribution in [0.1, 0.15) is 33.6 Å². The number of hydrogen-bond donors (Lipinski definition) is 2. The topological polar surface area (TPSA) is 105 Å². The van der Waals surface area contributed by atoms with Gasteiger partial charge in [-0.15, -0.1) is 0 Å². The normalized spacial score (nSPS) is 16.3. The van der Waals surface area contributed by atoms with E-state index in [0.717, 1.165) is 12.8 Å². The van der Waals surface area contributed by atoms with Crippen molar-refractivity contribution >= 4 is 27.5 Å². The maximum Gasteiger partial charge on any atom is 0.255 e. The number of benzene rings is 2. The Balaban J connectivity index is 1.71. The predicted molar refractivity (Wildman–Crippen MR) is 113 cm³/mol. The third-order valence-electron chi connectivity index (χ3n) is 4.71. The van der Waals surface area contributed by atoms with Gasteiger partial charge in [0.1, 0.15) is 0 Å². The maximum atomic E-state index is 12.6. The van der Waals surface area contributed by atoms with Gasteiger partial charge < -0.3 is 15.0 Å². The number of carbonyl (C=O) groups excluding carboxylic acids is 2. The molecular weight excluding hydrogens is 406 g/mol. The quantitative estimate of drug-likeness (QED) is 0.699. The van der Waals surface area contributed by atoms with Crippen molar-refractivity contribution in [3.05, 3.63) is 59.7 Å². The zero-order valence-corrected chi connectivity index (χ0v) is 17.7. The first-order valence-corrected chi connectivity index (χ1v) is 11.1. The van der Waals surface area contributed by atoms with E-state index in [-0.39, 0.29) is 29.0 Å². The summed E-state index contributed by atoms with van der Waals surface area (Å²) in [4.78, 5) is 26.2. The van der Waals surface area contributed by atoms with Gasteiger partial charge in [-0.3, -0.25) is 9.59 Å².